The molecule has 0 spiro atoms. The minimum atomic E-state index is -0.311. The summed E-state index contributed by atoms with van der Waals surface area (Å²) in [6.45, 7) is 9.91. The summed E-state index contributed by atoms with van der Waals surface area (Å²) in [6.07, 6.45) is 1.37. The Bertz CT molecular complexity index is 210. The molecular weight excluding hydrogens is 188 g/mol. The van der Waals surface area contributed by atoms with E-state index in [0.29, 0.717) is 12.3 Å². The Morgan fingerprint density at radius 1 is 1.13 bits per heavy atom. The molecule has 0 rings (SSSR count). The maximum atomic E-state index is 9.23. The van der Waals surface area contributed by atoms with E-state index >= 15 is 0 Å². The van der Waals surface area contributed by atoms with E-state index < -0.39 is 0 Å². The van der Waals surface area contributed by atoms with Crippen LogP contribution in [0, 0.1) is 17.8 Å². The summed E-state index contributed by atoms with van der Waals surface area (Å²) in [5.74, 6) is 6.54. The molecule has 0 aromatic carbocycles. The summed E-state index contributed by atoms with van der Waals surface area (Å²) in [4.78, 5) is 0. The molecule has 1 N–H and O–H groups in total. The van der Waals surface area contributed by atoms with Gasteiger partial charge in [0.1, 0.15) is 6.10 Å². The van der Waals surface area contributed by atoms with Gasteiger partial charge >= 0.3 is 0 Å². The van der Waals surface area contributed by atoms with Crippen molar-refractivity contribution in [2.45, 2.75) is 65.8 Å². The fourth-order valence-electron chi connectivity index (χ4n) is 1.55. The van der Waals surface area contributed by atoms with Gasteiger partial charge in [0.15, 0.2) is 0 Å². The molecule has 0 radical (unpaired) electrons. The van der Waals surface area contributed by atoms with E-state index in [1.807, 2.05) is 13.8 Å². The van der Waals surface area contributed by atoms with Crippen LogP contribution in [0.25, 0.3) is 0 Å². The minimum absolute atomic E-state index is 0.00347. The van der Waals surface area contributed by atoms with E-state index in [1.54, 1.807) is 6.92 Å². The van der Waals surface area contributed by atoms with Gasteiger partial charge in [0, 0.05) is 0 Å². The zero-order valence-electron chi connectivity index (χ0n) is 10.6. The predicted octanol–water partition coefficient (Wildman–Crippen LogP) is 2.60. The maximum absolute atomic E-state index is 9.23. The highest BCUT2D eigenvalue weighted by molar-refractivity contribution is 5.03. The van der Waals surface area contributed by atoms with Crippen molar-refractivity contribution in [3.05, 3.63) is 0 Å². The monoisotopic (exact) mass is 212 g/mol. The van der Waals surface area contributed by atoms with Gasteiger partial charge in [0.05, 0.1) is 12.2 Å². The van der Waals surface area contributed by atoms with Gasteiger partial charge in [-0.15, -0.1) is 5.92 Å². The number of hydrogen-bond donors (Lipinski definition) is 1. The third-order valence-corrected chi connectivity index (χ3v) is 2.06. The summed E-state index contributed by atoms with van der Waals surface area (Å²) in [5, 5.41) is 9.23. The van der Waals surface area contributed by atoms with Crippen LogP contribution in [-0.2, 0) is 4.74 Å². The summed E-state index contributed by atoms with van der Waals surface area (Å²) >= 11 is 0. The first kappa shape index (κ1) is 14.5. The molecule has 0 fully saturated rings. The smallest absolute Gasteiger partial charge is 0.118 e. The number of ether oxygens (including phenoxy) is 1. The lowest BCUT2D eigenvalue weighted by molar-refractivity contribution is -0.00590. The molecule has 0 aliphatic carbocycles. The van der Waals surface area contributed by atoms with Crippen LogP contribution in [0.5, 0.6) is 0 Å². The third-order valence-electron chi connectivity index (χ3n) is 2.06. The lowest BCUT2D eigenvalue weighted by Gasteiger charge is -2.20. The largest absolute Gasteiger partial charge is 0.393 e. The first-order valence-corrected chi connectivity index (χ1v) is 5.71. The van der Waals surface area contributed by atoms with Crippen LogP contribution in [0.4, 0.5) is 0 Å². The molecule has 2 nitrogen and oxygen atoms in total. The molecule has 0 amide bonds. The molecule has 2 heteroatoms. The van der Waals surface area contributed by atoms with E-state index in [1.165, 1.54) is 0 Å². The van der Waals surface area contributed by atoms with E-state index in [9.17, 15) is 5.11 Å². The third kappa shape index (κ3) is 8.47. The zero-order chi connectivity index (χ0) is 11.8. The lowest BCUT2D eigenvalue weighted by atomic mass is 10.1. The van der Waals surface area contributed by atoms with Gasteiger partial charge in [-0.3, -0.25) is 0 Å². The molecule has 0 unspecified atom stereocenters. The van der Waals surface area contributed by atoms with Crippen molar-refractivity contribution in [3.8, 4) is 11.8 Å². The average Bonchev–Trinajstić information content (AvgIpc) is 2.00. The summed E-state index contributed by atoms with van der Waals surface area (Å²) < 4.78 is 5.78. The number of rotatable bonds is 6. The van der Waals surface area contributed by atoms with Crippen LogP contribution in [0.15, 0.2) is 0 Å². The first-order valence-electron chi connectivity index (χ1n) is 5.71. The van der Waals surface area contributed by atoms with E-state index in [-0.39, 0.29) is 18.3 Å². The Balaban J connectivity index is 4.07. The van der Waals surface area contributed by atoms with E-state index in [4.69, 9.17) is 4.74 Å². The van der Waals surface area contributed by atoms with Gasteiger partial charge in [-0.2, -0.15) is 0 Å². The predicted molar refractivity (Wildman–Crippen MR) is 63.5 cm³/mol. The van der Waals surface area contributed by atoms with Gasteiger partial charge in [-0.1, -0.05) is 19.8 Å². The SMILES string of the molecule is CC#C[C@H](CC(C)C)O[C@H](C)C[C@@H](C)O. The molecular formula is C13H24O2. The molecule has 0 heterocycles. The van der Waals surface area contributed by atoms with E-state index in [2.05, 4.69) is 25.7 Å². The molecule has 0 aliphatic heterocycles. The van der Waals surface area contributed by atoms with Crippen LogP contribution in [0.2, 0.25) is 0 Å². The molecule has 0 saturated carbocycles. The maximum Gasteiger partial charge on any atom is 0.118 e. The van der Waals surface area contributed by atoms with Gasteiger partial charge in [-0.25, -0.2) is 0 Å². The fraction of sp³-hybridized carbons (Fsp3) is 0.846. The van der Waals surface area contributed by atoms with Gasteiger partial charge < -0.3 is 9.84 Å². The Hall–Kier alpha value is -0.520. The van der Waals surface area contributed by atoms with Gasteiger partial charge in [0.2, 0.25) is 0 Å². The highest BCUT2D eigenvalue weighted by Crippen LogP contribution is 2.12. The van der Waals surface area contributed by atoms with Crippen molar-refractivity contribution in [2.24, 2.45) is 5.92 Å². The first-order chi connectivity index (χ1) is 6.95. The summed E-state index contributed by atoms with van der Waals surface area (Å²) in [6, 6.07) is 0. The number of hydrogen-bond acceptors (Lipinski definition) is 2. The highest BCUT2D eigenvalue weighted by atomic mass is 16.5. The molecule has 0 bridgehead atoms. The normalized spacial score (nSPS) is 16.7. The Morgan fingerprint density at radius 3 is 2.13 bits per heavy atom. The van der Waals surface area contributed by atoms with Crippen LogP contribution in [0.3, 0.4) is 0 Å². The van der Waals surface area contributed by atoms with Crippen LogP contribution >= 0.6 is 0 Å². The molecule has 3 atom stereocenters. The average molecular weight is 212 g/mol. The fourth-order valence-corrected chi connectivity index (χ4v) is 1.55. The van der Waals surface area contributed by atoms with Crippen molar-refractivity contribution in [2.75, 3.05) is 0 Å². The van der Waals surface area contributed by atoms with Gasteiger partial charge in [0.25, 0.3) is 0 Å². The number of aliphatic hydroxyl groups is 1. The second kappa shape index (κ2) is 7.73. The van der Waals surface area contributed by atoms with Crippen molar-refractivity contribution in [1.82, 2.24) is 0 Å². The lowest BCUT2D eigenvalue weighted by Crippen LogP contribution is -2.23. The molecule has 88 valence electrons. The van der Waals surface area contributed by atoms with Crippen molar-refractivity contribution >= 4 is 0 Å². The van der Waals surface area contributed by atoms with Crippen LogP contribution < -0.4 is 0 Å². The van der Waals surface area contributed by atoms with Crippen molar-refractivity contribution in [3.63, 3.8) is 0 Å². The topological polar surface area (TPSA) is 29.5 Å². The summed E-state index contributed by atoms with van der Waals surface area (Å²) in [7, 11) is 0. The highest BCUT2D eigenvalue weighted by Gasteiger charge is 2.14. The molecule has 0 aromatic heterocycles. The standard InChI is InChI=1S/C13H24O2/c1-6-7-13(8-10(2)3)15-12(5)9-11(4)14/h10-14H,8-9H2,1-5H3/t11-,12-,13-/m1/s1. The molecule has 0 aromatic rings. The van der Waals surface area contributed by atoms with Crippen molar-refractivity contribution < 1.29 is 9.84 Å². The molecule has 15 heavy (non-hydrogen) atoms. The Labute approximate surface area is 94.0 Å². The minimum Gasteiger partial charge on any atom is -0.393 e. The van der Waals surface area contributed by atoms with Crippen molar-refractivity contribution in [1.29, 1.82) is 0 Å². The number of aliphatic hydroxyl groups excluding tert-OH is 1. The molecule has 0 saturated heterocycles. The van der Waals surface area contributed by atoms with Crippen LogP contribution in [0.1, 0.15) is 47.5 Å². The summed E-state index contributed by atoms with van der Waals surface area (Å²) in [5.41, 5.74) is 0. The second-order valence-electron chi connectivity index (χ2n) is 4.54. The molecule has 0 aliphatic rings. The second-order valence-corrected chi connectivity index (χ2v) is 4.54. The Kier molecular flexibility index (Phi) is 7.46. The van der Waals surface area contributed by atoms with E-state index in [0.717, 1.165) is 6.42 Å². The van der Waals surface area contributed by atoms with Crippen LogP contribution in [-0.4, -0.2) is 23.4 Å². The Morgan fingerprint density at radius 2 is 1.73 bits per heavy atom. The van der Waals surface area contributed by atoms with Gasteiger partial charge in [-0.05, 0) is 39.5 Å². The quantitative estimate of drug-likeness (QED) is 0.686. The zero-order valence-corrected chi connectivity index (χ0v) is 10.6.